The second-order valence-electron chi connectivity index (χ2n) is 2.34. The molecule has 0 aliphatic carbocycles. The molecule has 1 aromatic heterocycles. The molecule has 1 rings (SSSR count). The van der Waals surface area contributed by atoms with E-state index in [4.69, 9.17) is 5.11 Å². The maximum absolute atomic E-state index is 10.2. The van der Waals surface area contributed by atoms with E-state index in [1.54, 1.807) is 0 Å². The molecule has 1 N–H and O–H groups in total. The average molecular weight is 262 g/mol. The van der Waals surface area contributed by atoms with Gasteiger partial charge in [-0.1, -0.05) is 6.07 Å². The number of aromatic nitrogens is 1. The van der Waals surface area contributed by atoms with Gasteiger partial charge in [-0.05, 0) is 28.1 Å². The fourth-order valence-electron chi connectivity index (χ4n) is 0.774. The summed E-state index contributed by atoms with van der Waals surface area (Å²) in [6.45, 7) is 0. The van der Waals surface area contributed by atoms with Gasteiger partial charge in [0.15, 0.2) is 0 Å². The third kappa shape index (κ3) is 4.28. The van der Waals surface area contributed by atoms with Gasteiger partial charge < -0.3 is 5.11 Å². The quantitative estimate of drug-likeness (QED) is 0.845. The van der Waals surface area contributed by atoms with Crippen LogP contribution in [0.5, 0.6) is 0 Å². The van der Waals surface area contributed by atoms with Crippen LogP contribution in [-0.4, -0.2) is 21.8 Å². The minimum absolute atomic E-state index is 0.119. The largest absolute Gasteiger partial charge is 0.481 e. The van der Waals surface area contributed by atoms with Crippen molar-refractivity contribution in [3.05, 3.63) is 28.5 Å². The van der Waals surface area contributed by atoms with Crippen LogP contribution in [0.15, 0.2) is 22.8 Å². The highest BCUT2D eigenvalue weighted by Crippen LogP contribution is 2.12. The molecule has 0 radical (unpaired) electrons. The molecule has 13 heavy (non-hydrogen) atoms. The summed E-state index contributed by atoms with van der Waals surface area (Å²) in [6.07, 6.45) is 0. The smallest absolute Gasteiger partial charge is 0.313 e. The summed E-state index contributed by atoms with van der Waals surface area (Å²) in [7, 11) is 0. The molecule has 0 atom stereocenters. The van der Waals surface area contributed by atoms with Gasteiger partial charge in [0.05, 0.1) is 11.4 Å². The first-order valence-electron chi connectivity index (χ1n) is 3.59. The van der Waals surface area contributed by atoms with Gasteiger partial charge in [-0.3, -0.25) is 4.79 Å². The van der Waals surface area contributed by atoms with Crippen LogP contribution in [0.4, 0.5) is 0 Å². The van der Waals surface area contributed by atoms with Gasteiger partial charge in [-0.2, -0.15) is 0 Å². The second kappa shape index (κ2) is 5.24. The van der Waals surface area contributed by atoms with E-state index < -0.39 is 5.97 Å². The van der Waals surface area contributed by atoms with Gasteiger partial charge >= 0.3 is 5.97 Å². The van der Waals surface area contributed by atoms with Crippen LogP contribution in [0.25, 0.3) is 0 Å². The highest BCUT2D eigenvalue weighted by molar-refractivity contribution is 9.10. The van der Waals surface area contributed by atoms with Gasteiger partial charge in [0.25, 0.3) is 0 Å². The van der Waals surface area contributed by atoms with E-state index in [1.807, 2.05) is 18.2 Å². The summed E-state index contributed by atoms with van der Waals surface area (Å²) in [5, 5.41) is 8.40. The number of aliphatic carboxylic acids is 1. The number of thioether (sulfide) groups is 1. The lowest BCUT2D eigenvalue weighted by Crippen LogP contribution is -1.98. The molecule has 1 aromatic rings. The number of rotatable bonds is 4. The molecule has 0 fully saturated rings. The van der Waals surface area contributed by atoms with Crippen molar-refractivity contribution in [1.82, 2.24) is 4.98 Å². The molecule has 0 aliphatic heterocycles. The average Bonchev–Trinajstić information content (AvgIpc) is 2.03. The molecule has 0 bridgehead atoms. The minimum Gasteiger partial charge on any atom is -0.481 e. The molecular formula is C8H8BrNO2S. The van der Waals surface area contributed by atoms with Crippen LogP contribution >= 0.6 is 27.7 Å². The Morgan fingerprint density at radius 3 is 3.00 bits per heavy atom. The van der Waals surface area contributed by atoms with Crippen molar-refractivity contribution in [2.45, 2.75) is 5.75 Å². The summed E-state index contributed by atoms with van der Waals surface area (Å²) in [6, 6.07) is 5.60. The van der Waals surface area contributed by atoms with Crippen molar-refractivity contribution >= 4 is 33.7 Å². The molecule has 0 spiro atoms. The molecule has 3 nitrogen and oxygen atoms in total. The van der Waals surface area contributed by atoms with E-state index >= 15 is 0 Å². The number of halogens is 1. The van der Waals surface area contributed by atoms with Crippen LogP contribution in [0, 0.1) is 0 Å². The second-order valence-corrected chi connectivity index (χ2v) is 4.14. The van der Waals surface area contributed by atoms with Crippen LogP contribution in [0.1, 0.15) is 5.69 Å². The number of carboxylic acid groups (broad SMARTS) is 1. The molecule has 70 valence electrons. The molecular weight excluding hydrogens is 254 g/mol. The van der Waals surface area contributed by atoms with E-state index in [0.717, 1.165) is 10.3 Å². The van der Waals surface area contributed by atoms with Crippen molar-refractivity contribution in [1.29, 1.82) is 0 Å². The number of hydrogen-bond acceptors (Lipinski definition) is 3. The molecule has 5 heteroatoms. The molecule has 0 saturated carbocycles. The van der Waals surface area contributed by atoms with E-state index in [0.29, 0.717) is 5.75 Å². The topological polar surface area (TPSA) is 50.2 Å². The Hall–Kier alpha value is -0.550. The standard InChI is InChI=1S/C8H8BrNO2S/c9-7-3-1-2-6(10-7)4-13-5-8(11)12/h1-3H,4-5H2,(H,11,12). The first kappa shape index (κ1) is 10.5. The molecule has 1 heterocycles. The van der Waals surface area contributed by atoms with Crippen molar-refractivity contribution in [2.75, 3.05) is 5.75 Å². The van der Waals surface area contributed by atoms with Gasteiger partial charge in [0.2, 0.25) is 0 Å². The lowest BCUT2D eigenvalue weighted by Gasteiger charge is -1.98. The summed E-state index contributed by atoms with van der Waals surface area (Å²) >= 11 is 4.59. The van der Waals surface area contributed by atoms with Crippen molar-refractivity contribution < 1.29 is 9.90 Å². The van der Waals surface area contributed by atoms with Gasteiger partial charge in [-0.15, -0.1) is 11.8 Å². The Balaban J connectivity index is 2.41. The number of carbonyl (C=O) groups is 1. The summed E-state index contributed by atoms with van der Waals surface area (Å²) in [5.74, 6) is -0.0417. The Morgan fingerprint density at radius 1 is 1.62 bits per heavy atom. The van der Waals surface area contributed by atoms with E-state index in [-0.39, 0.29) is 5.75 Å². The number of hydrogen-bond donors (Lipinski definition) is 1. The van der Waals surface area contributed by atoms with Gasteiger partial charge in [0, 0.05) is 5.75 Å². The lowest BCUT2D eigenvalue weighted by atomic mass is 10.4. The van der Waals surface area contributed by atoms with Crippen LogP contribution < -0.4 is 0 Å². The number of pyridine rings is 1. The summed E-state index contributed by atoms with van der Waals surface area (Å²) in [4.78, 5) is 14.4. The Morgan fingerprint density at radius 2 is 2.38 bits per heavy atom. The zero-order valence-corrected chi connectivity index (χ0v) is 9.14. The van der Waals surface area contributed by atoms with Gasteiger partial charge in [0.1, 0.15) is 4.60 Å². The van der Waals surface area contributed by atoms with Crippen LogP contribution in [0.3, 0.4) is 0 Å². The predicted octanol–water partition coefficient (Wildman–Crippen LogP) is 2.16. The number of nitrogens with zero attached hydrogens (tertiary/aromatic N) is 1. The zero-order valence-electron chi connectivity index (χ0n) is 6.74. The first-order chi connectivity index (χ1) is 6.18. The minimum atomic E-state index is -0.792. The zero-order chi connectivity index (χ0) is 9.68. The summed E-state index contributed by atoms with van der Waals surface area (Å²) in [5.41, 5.74) is 0.889. The lowest BCUT2D eigenvalue weighted by molar-refractivity contribution is -0.133. The fourth-order valence-corrected chi connectivity index (χ4v) is 1.80. The molecule has 0 saturated heterocycles. The van der Waals surface area contributed by atoms with Crippen molar-refractivity contribution in [3.8, 4) is 0 Å². The van der Waals surface area contributed by atoms with Crippen LogP contribution in [0.2, 0.25) is 0 Å². The fraction of sp³-hybridized carbons (Fsp3) is 0.250. The van der Waals surface area contributed by atoms with E-state index in [9.17, 15) is 4.79 Å². The molecule has 0 amide bonds. The summed E-state index contributed by atoms with van der Waals surface area (Å²) < 4.78 is 0.779. The highest BCUT2D eigenvalue weighted by atomic mass is 79.9. The molecule has 0 unspecified atom stereocenters. The highest BCUT2D eigenvalue weighted by Gasteiger charge is 1.99. The van der Waals surface area contributed by atoms with Crippen LogP contribution in [-0.2, 0) is 10.5 Å². The Bertz CT molecular complexity index is 306. The Kier molecular flexibility index (Phi) is 4.24. The van der Waals surface area contributed by atoms with E-state index in [2.05, 4.69) is 20.9 Å². The predicted molar refractivity (Wildman–Crippen MR) is 55.7 cm³/mol. The normalized spacial score (nSPS) is 9.92. The molecule has 0 aromatic carbocycles. The first-order valence-corrected chi connectivity index (χ1v) is 5.54. The third-order valence-corrected chi connectivity index (χ3v) is 2.64. The third-order valence-electron chi connectivity index (χ3n) is 1.25. The number of carboxylic acids is 1. The maximum Gasteiger partial charge on any atom is 0.313 e. The SMILES string of the molecule is O=C(O)CSCc1cccc(Br)n1. The van der Waals surface area contributed by atoms with Crippen molar-refractivity contribution in [2.24, 2.45) is 0 Å². The monoisotopic (exact) mass is 261 g/mol. The Labute approximate surface area is 88.7 Å². The van der Waals surface area contributed by atoms with Crippen molar-refractivity contribution in [3.63, 3.8) is 0 Å². The van der Waals surface area contributed by atoms with E-state index in [1.165, 1.54) is 11.8 Å². The molecule has 0 aliphatic rings. The van der Waals surface area contributed by atoms with Gasteiger partial charge in [-0.25, -0.2) is 4.98 Å². The maximum atomic E-state index is 10.2.